The molecule has 0 bridgehead atoms. The first kappa shape index (κ1) is 13.7. The maximum Gasteiger partial charge on any atom is 0.261 e. The monoisotopic (exact) mass is 305 g/mol. The first-order chi connectivity index (χ1) is 10.0. The number of hydrogen-bond donors (Lipinski definition) is 3. The van der Waals surface area contributed by atoms with E-state index in [4.69, 9.17) is 5.73 Å². The summed E-state index contributed by atoms with van der Waals surface area (Å²) in [6, 6.07) is 1.34. The standard InChI is InChI=1S/C13H15N5O2S/c1-6(12-17-18-13(14)21-12)15-10(19)8-5-7-3-2-4-9(7)16-11(8)20/h5-6H,2-4H2,1H3,(H2,14,18)(H,15,19)(H,16,20)/t6-/m0/s1. The van der Waals surface area contributed by atoms with Crippen molar-refractivity contribution in [1.82, 2.24) is 20.5 Å². The highest BCUT2D eigenvalue weighted by molar-refractivity contribution is 7.15. The van der Waals surface area contributed by atoms with Gasteiger partial charge in [-0.25, -0.2) is 0 Å². The highest BCUT2D eigenvalue weighted by Gasteiger charge is 2.20. The lowest BCUT2D eigenvalue weighted by Crippen LogP contribution is -2.32. The average Bonchev–Trinajstić information content (AvgIpc) is 3.05. The number of pyridine rings is 1. The van der Waals surface area contributed by atoms with Gasteiger partial charge in [-0.2, -0.15) is 0 Å². The van der Waals surface area contributed by atoms with Gasteiger partial charge >= 0.3 is 0 Å². The van der Waals surface area contributed by atoms with Crippen molar-refractivity contribution in [2.24, 2.45) is 0 Å². The predicted molar refractivity (Wildman–Crippen MR) is 79.3 cm³/mol. The topological polar surface area (TPSA) is 114 Å². The van der Waals surface area contributed by atoms with Crippen LogP contribution in [0.5, 0.6) is 0 Å². The number of amides is 1. The van der Waals surface area contributed by atoms with E-state index in [-0.39, 0.29) is 17.2 Å². The number of nitrogens with two attached hydrogens (primary N) is 1. The Bertz CT molecular complexity index is 751. The van der Waals surface area contributed by atoms with Crippen molar-refractivity contribution in [3.63, 3.8) is 0 Å². The first-order valence-electron chi connectivity index (χ1n) is 6.69. The zero-order valence-electron chi connectivity index (χ0n) is 11.5. The Hall–Kier alpha value is -2.22. The van der Waals surface area contributed by atoms with Crippen LogP contribution in [0.4, 0.5) is 5.13 Å². The Balaban J connectivity index is 1.81. The van der Waals surface area contributed by atoms with E-state index >= 15 is 0 Å². The third-order valence-electron chi connectivity index (χ3n) is 3.51. The van der Waals surface area contributed by atoms with Crippen LogP contribution in [0.2, 0.25) is 0 Å². The quantitative estimate of drug-likeness (QED) is 0.775. The van der Waals surface area contributed by atoms with Gasteiger partial charge in [-0.3, -0.25) is 9.59 Å². The van der Waals surface area contributed by atoms with Gasteiger partial charge in [0.25, 0.3) is 11.5 Å². The minimum Gasteiger partial charge on any atom is -0.374 e. The molecule has 0 spiro atoms. The molecule has 1 amide bonds. The van der Waals surface area contributed by atoms with Crippen LogP contribution in [0.3, 0.4) is 0 Å². The van der Waals surface area contributed by atoms with Crippen molar-refractivity contribution < 1.29 is 4.79 Å². The van der Waals surface area contributed by atoms with Crippen LogP contribution in [0.25, 0.3) is 0 Å². The van der Waals surface area contributed by atoms with Crippen molar-refractivity contribution in [3.8, 4) is 0 Å². The van der Waals surface area contributed by atoms with Gasteiger partial charge in [0.15, 0.2) is 0 Å². The number of aryl methyl sites for hydroxylation is 2. The fourth-order valence-electron chi connectivity index (χ4n) is 2.44. The minimum absolute atomic E-state index is 0.139. The summed E-state index contributed by atoms with van der Waals surface area (Å²) in [4.78, 5) is 27.0. The minimum atomic E-state index is -0.410. The number of nitrogens with one attached hydrogen (secondary N) is 2. The summed E-state index contributed by atoms with van der Waals surface area (Å²) in [5.74, 6) is -0.410. The first-order valence-corrected chi connectivity index (χ1v) is 7.51. The van der Waals surface area contributed by atoms with Crippen molar-refractivity contribution >= 4 is 22.4 Å². The summed E-state index contributed by atoms with van der Waals surface area (Å²) >= 11 is 1.21. The van der Waals surface area contributed by atoms with E-state index in [9.17, 15) is 9.59 Å². The Morgan fingerprint density at radius 3 is 3.00 bits per heavy atom. The van der Waals surface area contributed by atoms with Crippen LogP contribution < -0.4 is 16.6 Å². The molecular formula is C13H15N5O2S. The number of rotatable bonds is 3. The fourth-order valence-corrected chi connectivity index (χ4v) is 3.05. The second-order valence-corrected chi connectivity index (χ2v) is 6.08. The molecule has 4 N–H and O–H groups in total. The van der Waals surface area contributed by atoms with E-state index in [0.29, 0.717) is 10.1 Å². The van der Waals surface area contributed by atoms with Crippen LogP contribution in [-0.4, -0.2) is 21.1 Å². The van der Waals surface area contributed by atoms with Gasteiger partial charge in [-0.1, -0.05) is 11.3 Å². The van der Waals surface area contributed by atoms with Crippen molar-refractivity contribution in [1.29, 1.82) is 0 Å². The Labute approximate surface area is 124 Å². The van der Waals surface area contributed by atoms with E-state index < -0.39 is 5.91 Å². The van der Waals surface area contributed by atoms with Crippen LogP contribution in [0.1, 0.15) is 46.0 Å². The normalized spacial score (nSPS) is 14.7. The number of carbonyl (C=O) groups excluding carboxylic acids is 1. The molecule has 3 rings (SSSR count). The molecule has 0 unspecified atom stereocenters. The number of nitrogens with zero attached hydrogens (tertiary/aromatic N) is 2. The lowest BCUT2D eigenvalue weighted by Gasteiger charge is -2.11. The molecule has 1 aliphatic carbocycles. The zero-order valence-corrected chi connectivity index (χ0v) is 12.3. The smallest absolute Gasteiger partial charge is 0.261 e. The zero-order chi connectivity index (χ0) is 15.0. The maximum absolute atomic E-state index is 12.2. The van der Waals surface area contributed by atoms with Crippen molar-refractivity contribution in [2.75, 3.05) is 5.73 Å². The number of H-pyrrole nitrogens is 1. The lowest BCUT2D eigenvalue weighted by atomic mass is 10.1. The lowest BCUT2D eigenvalue weighted by molar-refractivity contribution is 0.0938. The third kappa shape index (κ3) is 2.66. The van der Waals surface area contributed by atoms with Crippen LogP contribution >= 0.6 is 11.3 Å². The molecule has 1 aliphatic rings. The molecule has 21 heavy (non-hydrogen) atoms. The van der Waals surface area contributed by atoms with Gasteiger partial charge < -0.3 is 16.0 Å². The molecule has 2 heterocycles. The molecular weight excluding hydrogens is 290 g/mol. The molecule has 1 atom stereocenters. The molecule has 110 valence electrons. The summed E-state index contributed by atoms with van der Waals surface area (Å²) in [5, 5.41) is 11.3. The second kappa shape index (κ2) is 5.28. The molecule has 0 aromatic carbocycles. The largest absolute Gasteiger partial charge is 0.374 e. The van der Waals surface area contributed by atoms with E-state index in [1.54, 1.807) is 13.0 Å². The molecule has 0 radical (unpaired) electrons. The Morgan fingerprint density at radius 1 is 1.48 bits per heavy atom. The third-order valence-corrected chi connectivity index (χ3v) is 4.44. The van der Waals surface area contributed by atoms with E-state index in [2.05, 4.69) is 20.5 Å². The SMILES string of the molecule is C[C@H](NC(=O)c1cc2c([nH]c1=O)CCC2)c1nnc(N)s1. The second-order valence-electron chi connectivity index (χ2n) is 5.04. The predicted octanol–water partition coefficient (Wildman–Crippen LogP) is 0.788. The summed E-state index contributed by atoms with van der Waals surface area (Å²) in [5.41, 5.74) is 7.30. The number of nitrogen functional groups attached to an aromatic ring is 1. The maximum atomic E-state index is 12.2. The van der Waals surface area contributed by atoms with Gasteiger partial charge in [0, 0.05) is 5.69 Å². The van der Waals surface area contributed by atoms with Gasteiger partial charge in [-0.05, 0) is 37.8 Å². The number of fused-ring (bicyclic) bond motifs is 1. The summed E-state index contributed by atoms with van der Waals surface area (Å²) < 4.78 is 0. The van der Waals surface area contributed by atoms with Gasteiger partial charge in [0.05, 0.1) is 6.04 Å². The average molecular weight is 305 g/mol. The van der Waals surface area contributed by atoms with Crippen molar-refractivity contribution in [2.45, 2.75) is 32.2 Å². The van der Waals surface area contributed by atoms with Crippen LogP contribution in [0, 0.1) is 0 Å². The summed E-state index contributed by atoms with van der Waals surface area (Å²) in [7, 11) is 0. The van der Waals surface area contributed by atoms with Gasteiger partial charge in [0.2, 0.25) is 5.13 Å². The summed E-state index contributed by atoms with van der Waals surface area (Å²) in [6.45, 7) is 1.78. The number of aromatic amines is 1. The fraction of sp³-hybridized carbons (Fsp3) is 0.385. The highest BCUT2D eigenvalue weighted by atomic mass is 32.1. The molecule has 8 heteroatoms. The number of carbonyl (C=O) groups is 1. The Morgan fingerprint density at radius 2 is 2.29 bits per heavy atom. The molecule has 0 saturated carbocycles. The van der Waals surface area contributed by atoms with Crippen LogP contribution in [-0.2, 0) is 12.8 Å². The molecule has 0 fully saturated rings. The van der Waals surface area contributed by atoms with E-state index in [0.717, 1.165) is 30.5 Å². The summed E-state index contributed by atoms with van der Waals surface area (Å²) in [6.07, 6.45) is 2.78. The number of anilines is 1. The van der Waals surface area contributed by atoms with E-state index in [1.807, 2.05) is 0 Å². The van der Waals surface area contributed by atoms with Crippen LogP contribution in [0.15, 0.2) is 10.9 Å². The molecule has 0 aliphatic heterocycles. The molecule has 0 saturated heterocycles. The van der Waals surface area contributed by atoms with Crippen molar-refractivity contribution in [3.05, 3.63) is 38.2 Å². The molecule has 2 aromatic rings. The van der Waals surface area contributed by atoms with E-state index in [1.165, 1.54) is 11.3 Å². The number of hydrogen-bond acceptors (Lipinski definition) is 6. The van der Waals surface area contributed by atoms with Gasteiger partial charge in [-0.15, -0.1) is 10.2 Å². The van der Waals surface area contributed by atoms with Gasteiger partial charge in [0.1, 0.15) is 10.6 Å². The number of aromatic nitrogens is 3. The Kier molecular flexibility index (Phi) is 3.46. The molecule has 2 aromatic heterocycles. The molecule has 7 nitrogen and oxygen atoms in total. The highest BCUT2D eigenvalue weighted by Crippen LogP contribution is 2.21.